The van der Waals surface area contributed by atoms with E-state index in [1.807, 2.05) is 29.3 Å². The smallest absolute Gasteiger partial charge is 0.277 e. The minimum absolute atomic E-state index is 0.0939. The fraction of sp³-hybridized carbons (Fsp3) is 0.182. The molecular formula is C22H18FN3O3S. The molecule has 30 heavy (non-hydrogen) atoms. The normalized spacial score (nSPS) is 17.8. The third kappa shape index (κ3) is 2.79. The first-order chi connectivity index (χ1) is 14.5. The third-order valence-electron chi connectivity index (χ3n) is 5.53. The van der Waals surface area contributed by atoms with Crippen LogP contribution in [0.1, 0.15) is 33.2 Å². The second-order valence-electron chi connectivity index (χ2n) is 7.38. The quantitative estimate of drug-likeness (QED) is 0.652. The number of carbonyl (C=O) groups excluding carboxylic acids is 1. The number of carbonyl (C=O) groups is 1. The molecule has 0 saturated heterocycles. The lowest BCUT2D eigenvalue weighted by Gasteiger charge is -2.43. The van der Waals surface area contributed by atoms with Gasteiger partial charge in [-0.3, -0.25) is 19.3 Å². The predicted molar refractivity (Wildman–Crippen MR) is 112 cm³/mol. The molecule has 8 heteroatoms. The molecule has 0 saturated carbocycles. The van der Waals surface area contributed by atoms with Gasteiger partial charge in [0.1, 0.15) is 12.5 Å². The van der Waals surface area contributed by atoms with Gasteiger partial charge in [-0.2, -0.15) is 0 Å². The summed E-state index contributed by atoms with van der Waals surface area (Å²) >= 11 is 1.63. The van der Waals surface area contributed by atoms with Crippen LogP contribution in [0.15, 0.2) is 64.4 Å². The minimum atomic E-state index is -0.617. The van der Waals surface area contributed by atoms with Gasteiger partial charge in [-0.15, -0.1) is 11.8 Å². The standard InChI is InChI=1S/C22H18FN3O3S/c1-24-12-26(25-9-8-17(27)21(28)20(25)22(24)29)19-15-5-3-2-4-13(15)11-30-18-7-6-14(23)10-16(18)19/h2-10,19,28H,11-12H2,1H3. The summed E-state index contributed by atoms with van der Waals surface area (Å²) in [6, 6.07) is 13.5. The lowest BCUT2D eigenvalue weighted by atomic mass is 9.94. The van der Waals surface area contributed by atoms with Gasteiger partial charge < -0.3 is 10.0 Å². The molecule has 152 valence electrons. The molecule has 0 bridgehead atoms. The summed E-state index contributed by atoms with van der Waals surface area (Å²) in [6.07, 6.45) is 1.49. The summed E-state index contributed by atoms with van der Waals surface area (Å²) in [4.78, 5) is 27.2. The Balaban J connectivity index is 1.80. The van der Waals surface area contributed by atoms with Crippen LogP contribution in [-0.2, 0) is 5.75 Å². The molecule has 3 heterocycles. The van der Waals surface area contributed by atoms with Crippen molar-refractivity contribution < 1.29 is 14.3 Å². The summed E-state index contributed by atoms with van der Waals surface area (Å²) in [5, 5.41) is 12.2. The second-order valence-corrected chi connectivity index (χ2v) is 8.40. The highest BCUT2D eigenvalue weighted by molar-refractivity contribution is 7.98. The van der Waals surface area contributed by atoms with Crippen molar-refractivity contribution in [3.05, 3.63) is 93.2 Å². The first-order valence-corrected chi connectivity index (χ1v) is 10.4. The monoisotopic (exact) mass is 423 g/mol. The van der Waals surface area contributed by atoms with E-state index in [9.17, 15) is 19.1 Å². The van der Waals surface area contributed by atoms with Crippen molar-refractivity contribution in [3.8, 4) is 5.75 Å². The van der Waals surface area contributed by atoms with E-state index in [2.05, 4.69) is 0 Å². The molecule has 5 rings (SSSR count). The van der Waals surface area contributed by atoms with Crippen LogP contribution >= 0.6 is 11.8 Å². The number of hydrogen-bond donors (Lipinski definition) is 1. The Morgan fingerprint density at radius 1 is 1.10 bits per heavy atom. The molecule has 0 radical (unpaired) electrons. The molecular weight excluding hydrogens is 405 g/mol. The number of fused-ring (bicyclic) bond motifs is 3. The molecule has 0 aliphatic carbocycles. The van der Waals surface area contributed by atoms with E-state index in [1.54, 1.807) is 24.9 Å². The molecule has 6 nitrogen and oxygen atoms in total. The largest absolute Gasteiger partial charge is 0.502 e. The first kappa shape index (κ1) is 18.7. The molecule has 2 aromatic carbocycles. The van der Waals surface area contributed by atoms with Crippen molar-refractivity contribution in [1.29, 1.82) is 0 Å². The molecule has 1 N–H and O–H groups in total. The zero-order valence-electron chi connectivity index (χ0n) is 16.1. The van der Waals surface area contributed by atoms with Gasteiger partial charge in [-0.1, -0.05) is 24.3 Å². The van der Waals surface area contributed by atoms with E-state index >= 15 is 0 Å². The van der Waals surface area contributed by atoms with Gasteiger partial charge in [0.25, 0.3) is 5.91 Å². The Kier molecular flexibility index (Phi) is 4.32. The number of amides is 1. The lowest BCUT2D eigenvalue weighted by Crippen LogP contribution is -2.54. The van der Waals surface area contributed by atoms with Crippen molar-refractivity contribution in [2.24, 2.45) is 0 Å². The van der Waals surface area contributed by atoms with Crippen LogP contribution < -0.4 is 10.4 Å². The van der Waals surface area contributed by atoms with E-state index in [1.165, 1.54) is 34.0 Å². The van der Waals surface area contributed by atoms with Crippen molar-refractivity contribution in [3.63, 3.8) is 0 Å². The molecule has 0 spiro atoms. The zero-order chi connectivity index (χ0) is 21.0. The van der Waals surface area contributed by atoms with Crippen molar-refractivity contribution in [1.82, 2.24) is 9.58 Å². The summed E-state index contributed by atoms with van der Waals surface area (Å²) in [5.74, 6) is -0.647. The van der Waals surface area contributed by atoms with E-state index < -0.39 is 23.1 Å². The Morgan fingerprint density at radius 2 is 1.90 bits per heavy atom. The SMILES string of the molecule is CN1CN(C2c3ccccc3CSc3ccc(F)cc32)n2ccc(=O)c(O)c2C1=O. The van der Waals surface area contributed by atoms with Crippen LogP contribution in [0.2, 0.25) is 0 Å². The first-order valence-electron chi connectivity index (χ1n) is 9.43. The van der Waals surface area contributed by atoms with Gasteiger partial charge in [0.05, 0.1) is 6.04 Å². The number of hydrogen-bond acceptors (Lipinski definition) is 5. The van der Waals surface area contributed by atoms with Gasteiger partial charge in [0.15, 0.2) is 11.4 Å². The molecule has 2 aliphatic rings. The summed E-state index contributed by atoms with van der Waals surface area (Å²) in [6.45, 7) is 0.202. The summed E-state index contributed by atoms with van der Waals surface area (Å²) < 4.78 is 15.8. The number of aromatic nitrogens is 1. The van der Waals surface area contributed by atoms with Crippen LogP contribution in [0.25, 0.3) is 0 Å². The highest BCUT2D eigenvalue weighted by Crippen LogP contribution is 2.43. The molecule has 3 aromatic rings. The molecule has 1 aromatic heterocycles. The van der Waals surface area contributed by atoms with Gasteiger partial charge in [-0.25, -0.2) is 4.39 Å². The number of benzene rings is 2. The third-order valence-corrected chi connectivity index (χ3v) is 6.67. The van der Waals surface area contributed by atoms with Crippen molar-refractivity contribution in [2.45, 2.75) is 16.7 Å². The molecule has 1 amide bonds. The van der Waals surface area contributed by atoms with Crippen LogP contribution in [0.5, 0.6) is 5.75 Å². The lowest BCUT2D eigenvalue weighted by molar-refractivity contribution is 0.0726. The van der Waals surface area contributed by atoms with E-state index in [0.717, 1.165) is 27.3 Å². The highest BCUT2D eigenvalue weighted by atomic mass is 32.2. The molecule has 2 aliphatic heterocycles. The van der Waals surface area contributed by atoms with E-state index in [0.29, 0.717) is 0 Å². The van der Waals surface area contributed by atoms with Gasteiger partial charge in [-0.05, 0) is 34.9 Å². The van der Waals surface area contributed by atoms with Crippen LogP contribution in [0.3, 0.4) is 0 Å². The number of aromatic hydroxyl groups is 1. The maximum atomic E-state index is 14.3. The second kappa shape index (κ2) is 6.91. The maximum Gasteiger partial charge on any atom is 0.277 e. The average Bonchev–Trinajstić information content (AvgIpc) is 2.89. The fourth-order valence-corrected chi connectivity index (χ4v) is 5.18. The van der Waals surface area contributed by atoms with Crippen LogP contribution in [0.4, 0.5) is 4.39 Å². The molecule has 1 atom stereocenters. The van der Waals surface area contributed by atoms with Crippen LogP contribution in [-0.4, -0.2) is 34.3 Å². The predicted octanol–water partition coefficient (Wildman–Crippen LogP) is 3.07. The summed E-state index contributed by atoms with van der Waals surface area (Å²) in [7, 11) is 1.61. The average molecular weight is 423 g/mol. The summed E-state index contributed by atoms with van der Waals surface area (Å²) in [5.41, 5.74) is 2.16. The van der Waals surface area contributed by atoms with E-state index in [4.69, 9.17) is 0 Å². The number of thioether (sulfide) groups is 1. The zero-order valence-corrected chi connectivity index (χ0v) is 16.9. The number of nitrogens with zero attached hydrogens (tertiary/aromatic N) is 3. The van der Waals surface area contributed by atoms with Crippen molar-refractivity contribution >= 4 is 17.7 Å². The highest BCUT2D eigenvalue weighted by Gasteiger charge is 2.37. The Hall–Kier alpha value is -3.26. The van der Waals surface area contributed by atoms with Gasteiger partial charge in [0.2, 0.25) is 5.43 Å². The van der Waals surface area contributed by atoms with Gasteiger partial charge >= 0.3 is 0 Å². The number of halogens is 1. The maximum absolute atomic E-state index is 14.3. The fourth-order valence-electron chi connectivity index (χ4n) is 4.11. The number of pyridine rings is 1. The number of rotatable bonds is 1. The minimum Gasteiger partial charge on any atom is -0.502 e. The molecule has 0 fully saturated rings. The Morgan fingerprint density at radius 3 is 2.73 bits per heavy atom. The topological polar surface area (TPSA) is 65.8 Å². The van der Waals surface area contributed by atoms with E-state index in [-0.39, 0.29) is 18.2 Å². The Bertz CT molecular complexity index is 1240. The molecule has 1 unspecified atom stereocenters. The van der Waals surface area contributed by atoms with Gasteiger partial charge in [0, 0.05) is 30.0 Å². The van der Waals surface area contributed by atoms with Crippen LogP contribution in [0, 0.1) is 5.82 Å². The van der Waals surface area contributed by atoms with Crippen molar-refractivity contribution in [2.75, 3.05) is 18.7 Å². The Labute approximate surface area is 176 Å².